The van der Waals surface area contributed by atoms with E-state index in [9.17, 15) is 18.0 Å². The van der Waals surface area contributed by atoms with Crippen LogP contribution in [0.1, 0.15) is 41.9 Å². The number of thioether (sulfide) groups is 1. The molecule has 1 aliphatic carbocycles. The number of rotatable bonds is 7. The Morgan fingerprint density at radius 3 is 2.77 bits per heavy atom. The molecule has 1 saturated heterocycles. The minimum atomic E-state index is -3.12. The number of fused-ring (bicyclic) bond motifs is 3. The Hall–Kier alpha value is -1.43. The van der Waals surface area contributed by atoms with Gasteiger partial charge in [-0.15, -0.1) is 23.1 Å². The van der Waals surface area contributed by atoms with Gasteiger partial charge in [0, 0.05) is 24.5 Å². The van der Waals surface area contributed by atoms with Gasteiger partial charge in [-0.05, 0) is 50.0 Å². The largest absolute Gasteiger partial charge is 0.355 e. The van der Waals surface area contributed by atoms with Gasteiger partial charge in [0.1, 0.15) is 10.7 Å². The van der Waals surface area contributed by atoms with Gasteiger partial charge in [-0.25, -0.2) is 17.7 Å². The maximum Gasteiger partial charge on any atom is 0.259 e. The van der Waals surface area contributed by atoms with Crippen LogP contribution in [-0.2, 0) is 33.4 Å². The van der Waals surface area contributed by atoms with Crippen LogP contribution in [-0.4, -0.2) is 60.2 Å². The highest BCUT2D eigenvalue weighted by atomic mass is 32.2. The molecule has 0 unspecified atom stereocenters. The second kappa shape index (κ2) is 9.60. The van der Waals surface area contributed by atoms with E-state index in [-0.39, 0.29) is 11.5 Å². The number of aromatic nitrogens is 2. The highest BCUT2D eigenvalue weighted by Gasteiger charge is 2.25. The Balaban J connectivity index is 1.24. The number of H-pyrrole nitrogens is 1. The molecule has 31 heavy (non-hydrogen) atoms. The van der Waals surface area contributed by atoms with E-state index in [1.165, 1.54) is 39.2 Å². The number of nitrogens with zero attached hydrogens (tertiary/aromatic N) is 2. The number of hydrogen-bond acceptors (Lipinski definition) is 7. The van der Waals surface area contributed by atoms with Crippen molar-refractivity contribution in [2.75, 3.05) is 31.6 Å². The highest BCUT2D eigenvalue weighted by molar-refractivity contribution is 7.99. The van der Waals surface area contributed by atoms with Gasteiger partial charge in [-0.2, -0.15) is 0 Å². The van der Waals surface area contributed by atoms with Crippen LogP contribution in [0.25, 0.3) is 10.2 Å². The fourth-order valence-corrected chi connectivity index (χ4v) is 7.15. The number of aromatic amines is 1. The molecule has 11 heteroatoms. The zero-order chi connectivity index (χ0) is 22.0. The number of carbonyl (C=O) groups excluding carboxylic acids is 1. The number of aryl methyl sites for hydroxylation is 2. The summed E-state index contributed by atoms with van der Waals surface area (Å²) < 4.78 is 24.6. The van der Waals surface area contributed by atoms with Gasteiger partial charge < -0.3 is 10.3 Å². The van der Waals surface area contributed by atoms with E-state index >= 15 is 0 Å². The van der Waals surface area contributed by atoms with Crippen LogP contribution in [0.5, 0.6) is 0 Å². The highest BCUT2D eigenvalue weighted by Crippen LogP contribution is 2.33. The van der Waals surface area contributed by atoms with Crippen molar-refractivity contribution in [1.29, 1.82) is 0 Å². The minimum absolute atomic E-state index is 0.0504. The lowest BCUT2D eigenvalue weighted by molar-refractivity contribution is -0.118. The maximum absolute atomic E-state index is 12.6. The molecule has 4 rings (SSSR count). The van der Waals surface area contributed by atoms with Crippen LogP contribution in [0.2, 0.25) is 0 Å². The number of nitrogens with one attached hydrogen (secondary N) is 2. The summed E-state index contributed by atoms with van der Waals surface area (Å²) >= 11 is 3.06. The lowest BCUT2D eigenvalue weighted by atomic mass is 9.97. The molecule has 2 aliphatic rings. The molecular formula is C20H28N4O4S3. The van der Waals surface area contributed by atoms with Gasteiger partial charge in [0.05, 0.1) is 23.1 Å². The lowest BCUT2D eigenvalue weighted by Gasteiger charge is -2.30. The predicted octanol–water partition coefficient (Wildman–Crippen LogP) is 1.88. The second-order valence-electron chi connectivity index (χ2n) is 8.31. The number of thiophene rings is 1. The Bertz CT molecular complexity index is 1120. The Morgan fingerprint density at radius 2 is 2.03 bits per heavy atom. The topological polar surface area (TPSA) is 112 Å². The number of carbonyl (C=O) groups is 1. The number of sulfonamides is 1. The van der Waals surface area contributed by atoms with Crippen molar-refractivity contribution in [1.82, 2.24) is 19.6 Å². The molecule has 8 nitrogen and oxygen atoms in total. The zero-order valence-corrected chi connectivity index (χ0v) is 20.1. The van der Waals surface area contributed by atoms with Gasteiger partial charge in [-0.1, -0.05) is 0 Å². The van der Waals surface area contributed by atoms with Crippen molar-refractivity contribution in [3.63, 3.8) is 0 Å². The average Bonchev–Trinajstić information content (AvgIpc) is 3.11. The quantitative estimate of drug-likeness (QED) is 0.621. The molecule has 0 atom stereocenters. The van der Waals surface area contributed by atoms with E-state index in [0.717, 1.165) is 42.3 Å². The molecule has 0 saturated carbocycles. The van der Waals surface area contributed by atoms with E-state index in [4.69, 9.17) is 0 Å². The standard InChI is InChI=1S/C20H28N4O4S3/c1-31(27,28)24-8-6-13(7-9-24)10-21-17(25)12-29-11-16-22-19(26)18-14-4-2-3-5-15(14)30-20(18)23-16/h13H,2-12H2,1H3,(H,21,25)(H,22,23,26). The van der Waals surface area contributed by atoms with Crippen LogP contribution in [0.3, 0.4) is 0 Å². The third-order valence-corrected chi connectivity index (χ3v) is 9.41. The molecule has 0 spiro atoms. The first kappa shape index (κ1) is 22.8. The minimum Gasteiger partial charge on any atom is -0.355 e. The van der Waals surface area contributed by atoms with Crippen molar-refractivity contribution in [2.24, 2.45) is 5.92 Å². The molecule has 2 N–H and O–H groups in total. The molecule has 1 aliphatic heterocycles. The summed E-state index contributed by atoms with van der Waals surface area (Å²) in [6.07, 6.45) is 7.05. The fourth-order valence-electron chi connectivity index (χ4n) is 4.27. The number of piperidine rings is 1. The van der Waals surface area contributed by atoms with E-state index in [1.807, 2.05) is 0 Å². The van der Waals surface area contributed by atoms with Crippen molar-refractivity contribution < 1.29 is 13.2 Å². The molecule has 3 heterocycles. The van der Waals surface area contributed by atoms with Gasteiger partial charge in [-0.3, -0.25) is 9.59 Å². The van der Waals surface area contributed by atoms with Crippen molar-refractivity contribution >= 4 is 49.2 Å². The molecular weight excluding hydrogens is 456 g/mol. The number of amides is 1. The molecule has 2 aromatic heterocycles. The molecule has 0 bridgehead atoms. The summed E-state index contributed by atoms with van der Waals surface area (Å²) in [6.45, 7) is 1.60. The normalized spacial score (nSPS) is 18.2. The molecule has 2 aromatic rings. The van der Waals surface area contributed by atoms with Crippen molar-refractivity contribution in [3.05, 3.63) is 26.6 Å². The smallest absolute Gasteiger partial charge is 0.259 e. The predicted molar refractivity (Wildman–Crippen MR) is 125 cm³/mol. The summed E-state index contributed by atoms with van der Waals surface area (Å²) in [7, 11) is -3.12. The summed E-state index contributed by atoms with van der Waals surface area (Å²) in [4.78, 5) is 34.4. The van der Waals surface area contributed by atoms with Crippen LogP contribution in [0.15, 0.2) is 4.79 Å². The second-order valence-corrected chi connectivity index (χ2v) is 12.4. The summed E-state index contributed by atoms with van der Waals surface area (Å²) in [5, 5.41) is 3.71. The first-order valence-electron chi connectivity index (χ1n) is 10.6. The first-order chi connectivity index (χ1) is 14.8. The molecule has 1 amide bonds. The van der Waals surface area contributed by atoms with Crippen LogP contribution >= 0.6 is 23.1 Å². The number of hydrogen-bond donors (Lipinski definition) is 2. The SMILES string of the molecule is CS(=O)(=O)N1CCC(CNC(=O)CSCc2nc3sc4c(c3c(=O)[nH]2)CCCC4)CC1. The average molecular weight is 485 g/mol. The van der Waals surface area contributed by atoms with E-state index in [1.54, 1.807) is 11.3 Å². The lowest BCUT2D eigenvalue weighted by Crippen LogP contribution is -2.41. The van der Waals surface area contributed by atoms with Crippen LogP contribution in [0.4, 0.5) is 0 Å². The molecule has 1 fully saturated rings. The van der Waals surface area contributed by atoms with Crippen LogP contribution < -0.4 is 10.9 Å². The third kappa shape index (κ3) is 5.50. The molecule has 0 aromatic carbocycles. The summed E-state index contributed by atoms with van der Waals surface area (Å²) in [5.41, 5.74) is 1.12. The molecule has 0 radical (unpaired) electrons. The Labute approximate surface area is 190 Å². The maximum atomic E-state index is 12.6. The Morgan fingerprint density at radius 1 is 1.29 bits per heavy atom. The summed E-state index contributed by atoms with van der Waals surface area (Å²) in [5.74, 6) is 1.64. The van der Waals surface area contributed by atoms with Crippen molar-refractivity contribution in [2.45, 2.75) is 44.3 Å². The third-order valence-electron chi connectivity index (χ3n) is 5.98. The summed E-state index contributed by atoms with van der Waals surface area (Å²) in [6, 6.07) is 0. The van der Waals surface area contributed by atoms with Gasteiger partial charge in [0.25, 0.3) is 5.56 Å². The van der Waals surface area contributed by atoms with E-state index in [0.29, 0.717) is 42.9 Å². The molecule has 170 valence electrons. The first-order valence-corrected chi connectivity index (χ1v) is 14.5. The Kier molecular flexibility index (Phi) is 7.04. The monoisotopic (exact) mass is 484 g/mol. The fraction of sp³-hybridized carbons (Fsp3) is 0.650. The van der Waals surface area contributed by atoms with Crippen LogP contribution in [0, 0.1) is 5.92 Å². The van der Waals surface area contributed by atoms with Gasteiger partial charge >= 0.3 is 0 Å². The zero-order valence-electron chi connectivity index (χ0n) is 17.6. The van der Waals surface area contributed by atoms with Gasteiger partial charge in [0.15, 0.2) is 0 Å². The van der Waals surface area contributed by atoms with E-state index < -0.39 is 10.0 Å². The van der Waals surface area contributed by atoms with E-state index in [2.05, 4.69) is 15.3 Å². The van der Waals surface area contributed by atoms with Crippen molar-refractivity contribution in [3.8, 4) is 0 Å². The van der Waals surface area contributed by atoms with Gasteiger partial charge in [0.2, 0.25) is 15.9 Å².